The lowest BCUT2D eigenvalue weighted by atomic mass is 9.65. The maximum Gasteiger partial charge on any atom is 0.510 e. The van der Waals surface area contributed by atoms with Crippen LogP contribution in [-0.4, -0.2) is 45.1 Å². The summed E-state index contributed by atoms with van der Waals surface area (Å²) in [7, 11) is 0.639. The predicted molar refractivity (Wildman–Crippen MR) is 125 cm³/mol. The molecule has 4 bridgehead atoms. The topological polar surface area (TPSA) is 44.8 Å². The maximum atomic E-state index is 13.9. The van der Waals surface area contributed by atoms with Crippen LogP contribution in [0.3, 0.4) is 0 Å². The highest BCUT2D eigenvalue weighted by atomic mass is 28.4. The molecular weight excluding hydrogens is 506 g/mol. The third-order valence-corrected chi connectivity index (χ3v) is 9.82. The minimum atomic E-state index is -5.79. The van der Waals surface area contributed by atoms with Gasteiger partial charge in [-0.1, -0.05) is 0 Å². The zero-order valence-electron chi connectivity index (χ0n) is 22.2. The molecule has 7 unspecified atom stereocenters. The summed E-state index contributed by atoms with van der Waals surface area (Å²) < 4.78 is 97.5. The number of carbonyl (C=O) groups excluding carboxylic acids is 1. The highest BCUT2D eigenvalue weighted by molar-refractivity contribution is 6.69. The monoisotopic (exact) mass is 546 g/mol. The van der Waals surface area contributed by atoms with Crippen LogP contribution < -0.4 is 0 Å². The molecule has 4 rings (SSSR count). The molecule has 11 heteroatoms. The lowest BCUT2D eigenvalue weighted by Gasteiger charge is -2.43. The lowest BCUT2D eigenvalue weighted by molar-refractivity contribution is -0.374. The first kappa shape index (κ1) is 29.6. The minimum Gasteiger partial charge on any atom is -0.429 e. The van der Waals surface area contributed by atoms with Gasteiger partial charge >= 0.3 is 24.1 Å². The molecule has 0 amide bonds. The van der Waals surface area contributed by atoms with Gasteiger partial charge in [0.1, 0.15) is 5.60 Å². The van der Waals surface area contributed by atoms with Gasteiger partial charge in [0.2, 0.25) is 0 Å². The van der Waals surface area contributed by atoms with Crippen molar-refractivity contribution in [2.75, 3.05) is 7.11 Å². The summed E-state index contributed by atoms with van der Waals surface area (Å²) in [5, 5.41) is 0. The number of halogens is 6. The van der Waals surface area contributed by atoms with Crippen LogP contribution in [0.15, 0.2) is 0 Å². The second kappa shape index (κ2) is 9.65. The second-order valence-electron chi connectivity index (χ2n) is 13.1. The number of carbonyl (C=O) groups is 1. The molecule has 0 spiro atoms. The average molecular weight is 547 g/mol. The minimum absolute atomic E-state index is 0.151. The predicted octanol–water partition coefficient (Wildman–Crippen LogP) is 7.98. The van der Waals surface area contributed by atoms with Crippen LogP contribution in [0.4, 0.5) is 31.1 Å². The van der Waals surface area contributed by atoms with Crippen LogP contribution in [0.25, 0.3) is 0 Å². The summed E-state index contributed by atoms with van der Waals surface area (Å²) in [6.07, 6.45) is -10.5. The van der Waals surface area contributed by atoms with Crippen LogP contribution in [0.5, 0.6) is 0 Å². The van der Waals surface area contributed by atoms with Crippen molar-refractivity contribution in [3.63, 3.8) is 0 Å². The van der Waals surface area contributed by atoms with E-state index in [4.69, 9.17) is 4.43 Å². The smallest absolute Gasteiger partial charge is 0.429 e. The van der Waals surface area contributed by atoms with Gasteiger partial charge in [-0.15, -0.1) is 0 Å². The Morgan fingerprint density at radius 1 is 0.806 bits per heavy atom. The van der Waals surface area contributed by atoms with Gasteiger partial charge < -0.3 is 13.9 Å². The highest BCUT2D eigenvalue weighted by Gasteiger charge is 2.76. The molecule has 0 N–H and O–H groups in total. The van der Waals surface area contributed by atoms with Crippen molar-refractivity contribution in [3.05, 3.63) is 0 Å². The first-order chi connectivity index (χ1) is 16.2. The van der Waals surface area contributed by atoms with E-state index < -0.39 is 50.4 Å². The zero-order valence-corrected chi connectivity index (χ0v) is 23.2. The molecule has 0 heterocycles. The van der Waals surface area contributed by atoms with E-state index in [1.54, 1.807) is 7.11 Å². The molecule has 0 aromatic carbocycles. The van der Waals surface area contributed by atoms with Gasteiger partial charge in [0.15, 0.2) is 8.32 Å². The van der Waals surface area contributed by atoms with Crippen LogP contribution in [-0.2, 0) is 13.9 Å². The van der Waals surface area contributed by atoms with Gasteiger partial charge in [-0.25, -0.2) is 4.79 Å². The molecule has 4 fully saturated rings. The van der Waals surface area contributed by atoms with E-state index in [2.05, 4.69) is 29.1 Å². The van der Waals surface area contributed by atoms with Crippen molar-refractivity contribution < 1.29 is 45.0 Å². The Morgan fingerprint density at radius 3 is 1.75 bits per heavy atom. The first-order valence-electron chi connectivity index (χ1n) is 12.8. The third-order valence-electron chi connectivity index (χ3n) is 8.60. The van der Waals surface area contributed by atoms with E-state index in [0.29, 0.717) is 30.6 Å². The molecule has 4 nitrogen and oxygen atoms in total. The number of ether oxygens (including phenoxy) is 2. The Morgan fingerprint density at radius 2 is 1.31 bits per heavy atom. The fourth-order valence-corrected chi connectivity index (χ4v) is 7.27. The number of hydrogen-bond acceptors (Lipinski definition) is 4. The molecule has 0 aromatic rings. The highest BCUT2D eigenvalue weighted by Crippen LogP contribution is 2.70. The summed E-state index contributed by atoms with van der Waals surface area (Å²) in [5.41, 5.74) is -5.83. The van der Waals surface area contributed by atoms with Crippen LogP contribution in [0.1, 0.15) is 59.3 Å². The molecule has 0 saturated heterocycles. The molecular formula is C25H40F6O4Si. The van der Waals surface area contributed by atoms with Crippen LogP contribution in [0.2, 0.25) is 19.6 Å². The van der Waals surface area contributed by atoms with Gasteiger partial charge in [-0.2, -0.15) is 26.3 Å². The van der Waals surface area contributed by atoms with Crippen molar-refractivity contribution in [1.29, 1.82) is 0 Å². The third kappa shape index (κ3) is 5.86. The summed E-state index contributed by atoms with van der Waals surface area (Å²) in [6.45, 7) is 10.5. The molecule has 0 radical (unpaired) electrons. The van der Waals surface area contributed by atoms with Crippen LogP contribution in [0, 0.1) is 41.4 Å². The maximum absolute atomic E-state index is 13.9. The summed E-state index contributed by atoms with van der Waals surface area (Å²) in [4.78, 5) is 11.9. The SMILES string of the molecule is CC(C)(C)OC(=O)OC(CC1CC2CC1C1C3CCC(C3)C21)(C(F)(F)F)C(F)(F)F.CO[Si](C)(C)C. The normalized spacial score (nSPS) is 33.8. The lowest BCUT2D eigenvalue weighted by Crippen LogP contribution is -2.61. The molecule has 210 valence electrons. The molecule has 4 aliphatic rings. The van der Waals surface area contributed by atoms with Crippen molar-refractivity contribution in [2.45, 2.75) is 102 Å². The number of alkyl halides is 6. The number of fused-ring (bicyclic) bond motifs is 9. The van der Waals surface area contributed by atoms with Gasteiger partial charge in [0.25, 0.3) is 0 Å². The zero-order chi connectivity index (χ0) is 27.5. The van der Waals surface area contributed by atoms with E-state index in [-0.39, 0.29) is 17.8 Å². The summed E-state index contributed by atoms with van der Waals surface area (Å²) in [6, 6.07) is 0. The van der Waals surface area contributed by atoms with Gasteiger partial charge in [-0.3, -0.25) is 0 Å². The first-order valence-corrected chi connectivity index (χ1v) is 16.2. The van der Waals surface area contributed by atoms with E-state index in [1.807, 2.05) is 0 Å². The molecule has 0 aromatic heterocycles. The molecule has 36 heavy (non-hydrogen) atoms. The van der Waals surface area contributed by atoms with E-state index in [0.717, 1.165) is 19.3 Å². The van der Waals surface area contributed by atoms with E-state index >= 15 is 0 Å². The van der Waals surface area contributed by atoms with E-state index in [9.17, 15) is 31.1 Å². The fourth-order valence-electron chi connectivity index (χ4n) is 7.27. The Bertz CT molecular complexity index is 786. The van der Waals surface area contributed by atoms with Crippen molar-refractivity contribution >= 4 is 14.5 Å². The van der Waals surface area contributed by atoms with Gasteiger partial charge in [-0.05, 0) is 114 Å². The Kier molecular flexibility index (Phi) is 7.93. The van der Waals surface area contributed by atoms with Gasteiger partial charge in [0.05, 0.1) is 0 Å². The second-order valence-corrected chi connectivity index (χ2v) is 17.7. The molecule has 7 atom stereocenters. The van der Waals surface area contributed by atoms with Crippen molar-refractivity contribution in [1.82, 2.24) is 0 Å². The molecule has 4 aliphatic carbocycles. The number of rotatable bonds is 4. The van der Waals surface area contributed by atoms with E-state index in [1.165, 1.54) is 20.8 Å². The Hall–Kier alpha value is -0.973. The van der Waals surface area contributed by atoms with Crippen molar-refractivity contribution in [2.24, 2.45) is 41.4 Å². The number of hydrogen-bond donors (Lipinski definition) is 0. The quantitative estimate of drug-likeness (QED) is 0.155. The summed E-state index contributed by atoms with van der Waals surface area (Å²) in [5.74, 6) is 0.986. The Balaban J connectivity index is 0.000000538. The largest absolute Gasteiger partial charge is 0.510 e. The standard InChI is InChI=1S/C21H28F6O3.C4H12OSi/c1-18(2,3)29-17(28)30-19(20(22,23)24,21(25,26)27)9-13-7-12-8-14(13)16-11-5-4-10(6-11)15(12)16;1-5-6(2,3)4/h10-16H,4-9H2,1-3H3;1-4H3. The summed E-state index contributed by atoms with van der Waals surface area (Å²) >= 11 is 0. The fraction of sp³-hybridized carbons (Fsp3) is 0.960. The molecule has 0 aliphatic heterocycles. The molecule has 4 saturated carbocycles. The van der Waals surface area contributed by atoms with Crippen LogP contribution >= 0.6 is 0 Å². The van der Waals surface area contributed by atoms with Gasteiger partial charge in [0, 0.05) is 13.5 Å². The van der Waals surface area contributed by atoms with Crippen molar-refractivity contribution in [3.8, 4) is 0 Å². The average Bonchev–Trinajstić information content (AvgIpc) is 3.43. The Labute approximate surface area is 210 Å².